The Bertz CT molecular complexity index is 1160. The molecule has 3 rings (SSSR count). The van der Waals surface area contributed by atoms with Gasteiger partial charge in [0.05, 0.1) is 28.9 Å². The van der Waals surface area contributed by atoms with E-state index in [1.54, 1.807) is 18.2 Å². The van der Waals surface area contributed by atoms with Crippen molar-refractivity contribution in [3.8, 4) is 0 Å². The molecule has 28 heavy (non-hydrogen) atoms. The Morgan fingerprint density at radius 1 is 1.07 bits per heavy atom. The number of benzene rings is 2. The summed E-state index contributed by atoms with van der Waals surface area (Å²) in [6, 6.07) is 12.1. The SMILES string of the molecule is COC(=O)c1cc(S(=O)(=O)n2cccc2)c(Cl)c(C(=O)c2ccccc2)c1N. The van der Waals surface area contributed by atoms with Crippen LogP contribution in [0, 0.1) is 0 Å². The summed E-state index contributed by atoms with van der Waals surface area (Å²) in [7, 11) is -3.06. The molecule has 7 nitrogen and oxygen atoms in total. The van der Waals surface area contributed by atoms with Crippen LogP contribution >= 0.6 is 11.6 Å². The zero-order chi connectivity index (χ0) is 20.5. The quantitative estimate of drug-likeness (QED) is 0.387. The molecule has 0 saturated carbocycles. The van der Waals surface area contributed by atoms with Crippen LogP contribution in [0.5, 0.6) is 0 Å². The highest BCUT2D eigenvalue weighted by Gasteiger charge is 2.30. The van der Waals surface area contributed by atoms with E-state index in [1.165, 1.54) is 36.7 Å². The maximum absolute atomic E-state index is 13.0. The molecule has 0 unspecified atom stereocenters. The molecule has 9 heteroatoms. The summed E-state index contributed by atoms with van der Waals surface area (Å²) in [5.41, 5.74) is 5.46. The first-order chi connectivity index (χ1) is 13.3. The lowest BCUT2D eigenvalue weighted by molar-refractivity contribution is 0.0601. The average Bonchev–Trinajstić information content (AvgIpc) is 3.23. The Morgan fingerprint density at radius 2 is 1.68 bits per heavy atom. The number of nitrogens with zero attached hydrogens (tertiary/aromatic N) is 1. The number of nitrogens with two attached hydrogens (primary N) is 1. The lowest BCUT2D eigenvalue weighted by Crippen LogP contribution is -2.18. The topological polar surface area (TPSA) is 108 Å². The van der Waals surface area contributed by atoms with Gasteiger partial charge in [0.2, 0.25) is 0 Å². The summed E-state index contributed by atoms with van der Waals surface area (Å²) in [5.74, 6) is -1.50. The van der Waals surface area contributed by atoms with Crippen LogP contribution in [0.1, 0.15) is 26.3 Å². The van der Waals surface area contributed by atoms with Crippen LogP contribution in [0.2, 0.25) is 5.02 Å². The molecule has 0 bridgehead atoms. The number of esters is 1. The second-order valence-corrected chi connectivity index (χ2v) is 7.92. The van der Waals surface area contributed by atoms with E-state index in [0.717, 1.165) is 17.1 Å². The summed E-state index contributed by atoms with van der Waals surface area (Å²) < 4.78 is 31.6. The lowest BCUT2D eigenvalue weighted by Gasteiger charge is -2.16. The van der Waals surface area contributed by atoms with E-state index in [1.807, 2.05) is 0 Å². The van der Waals surface area contributed by atoms with Crippen molar-refractivity contribution < 1.29 is 22.7 Å². The number of carbonyl (C=O) groups is 2. The monoisotopic (exact) mass is 418 g/mol. The van der Waals surface area contributed by atoms with E-state index in [4.69, 9.17) is 17.3 Å². The molecule has 0 spiro atoms. The zero-order valence-electron chi connectivity index (χ0n) is 14.6. The van der Waals surface area contributed by atoms with Crippen molar-refractivity contribution in [3.63, 3.8) is 0 Å². The predicted molar refractivity (Wildman–Crippen MR) is 104 cm³/mol. The Balaban J connectivity index is 2.34. The van der Waals surface area contributed by atoms with E-state index >= 15 is 0 Å². The van der Waals surface area contributed by atoms with Crippen molar-refractivity contribution in [2.75, 3.05) is 12.8 Å². The van der Waals surface area contributed by atoms with E-state index < -0.39 is 26.7 Å². The molecule has 1 heterocycles. The van der Waals surface area contributed by atoms with E-state index in [0.29, 0.717) is 0 Å². The number of aromatic nitrogens is 1. The molecule has 0 aliphatic carbocycles. The molecule has 0 aliphatic rings. The number of carbonyl (C=O) groups excluding carboxylic acids is 2. The van der Waals surface area contributed by atoms with Crippen molar-refractivity contribution in [2.45, 2.75) is 4.90 Å². The predicted octanol–water partition coefficient (Wildman–Crippen LogP) is 2.98. The number of methoxy groups -OCH3 is 1. The smallest absolute Gasteiger partial charge is 0.340 e. The molecule has 0 atom stereocenters. The van der Waals surface area contributed by atoms with Crippen molar-refractivity contribution in [2.24, 2.45) is 0 Å². The van der Waals surface area contributed by atoms with Gasteiger partial charge in [-0.25, -0.2) is 17.2 Å². The highest BCUT2D eigenvalue weighted by molar-refractivity contribution is 7.90. The normalized spacial score (nSPS) is 11.2. The molecular formula is C19H15ClN2O5S. The van der Waals surface area contributed by atoms with Gasteiger partial charge in [-0.3, -0.25) is 4.79 Å². The van der Waals surface area contributed by atoms with Crippen molar-refractivity contribution in [1.82, 2.24) is 3.97 Å². The fourth-order valence-corrected chi connectivity index (χ4v) is 4.48. The van der Waals surface area contributed by atoms with Gasteiger partial charge >= 0.3 is 5.97 Å². The standard InChI is InChI=1S/C19H15ClN2O5S/c1-27-19(24)13-11-14(28(25,26)22-9-5-6-10-22)16(20)15(17(13)21)18(23)12-7-3-2-4-8-12/h2-11H,21H2,1H3. The van der Waals surface area contributed by atoms with Gasteiger partial charge in [0.15, 0.2) is 5.78 Å². The van der Waals surface area contributed by atoms with E-state index in [-0.39, 0.29) is 27.4 Å². The Kier molecular flexibility index (Phi) is 5.26. The van der Waals surface area contributed by atoms with E-state index in [9.17, 15) is 18.0 Å². The number of ketones is 1. The summed E-state index contributed by atoms with van der Waals surface area (Å²) in [6.45, 7) is 0. The van der Waals surface area contributed by atoms with Crippen LogP contribution in [-0.4, -0.2) is 31.3 Å². The molecule has 2 N–H and O–H groups in total. The maximum atomic E-state index is 13.0. The highest BCUT2D eigenvalue weighted by Crippen LogP contribution is 2.35. The van der Waals surface area contributed by atoms with Crippen LogP contribution in [0.4, 0.5) is 5.69 Å². The number of nitrogen functional groups attached to an aromatic ring is 1. The lowest BCUT2D eigenvalue weighted by atomic mass is 9.98. The van der Waals surface area contributed by atoms with Gasteiger partial charge in [-0.1, -0.05) is 41.9 Å². The Labute approximate surface area is 166 Å². The van der Waals surface area contributed by atoms with E-state index in [2.05, 4.69) is 4.74 Å². The average molecular weight is 419 g/mol. The second-order valence-electron chi connectivity index (χ2n) is 5.73. The molecule has 0 saturated heterocycles. The van der Waals surface area contributed by atoms with Gasteiger partial charge in [-0.05, 0) is 18.2 Å². The fraction of sp³-hybridized carbons (Fsp3) is 0.0526. The summed E-state index contributed by atoms with van der Waals surface area (Å²) >= 11 is 6.33. The van der Waals surface area contributed by atoms with Gasteiger partial charge in [-0.15, -0.1) is 0 Å². The van der Waals surface area contributed by atoms with Crippen molar-refractivity contribution in [3.05, 3.63) is 82.6 Å². The molecule has 0 radical (unpaired) electrons. The van der Waals surface area contributed by atoms with Crippen molar-refractivity contribution >= 4 is 39.1 Å². The molecule has 1 aromatic heterocycles. The molecule has 0 fully saturated rings. The number of anilines is 1. The number of hydrogen-bond acceptors (Lipinski definition) is 6. The van der Waals surface area contributed by atoms with Crippen LogP contribution in [-0.2, 0) is 14.8 Å². The van der Waals surface area contributed by atoms with Gasteiger partial charge in [-0.2, -0.15) is 0 Å². The molecular weight excluding hydrogens is 404 g/mol. The zero-order valence-corrected chi connectivity index (χ0v) is 16.2. The van der Waals surface area contributed by atoms with Crippen LogP contribution < -0.4 is 5.73 Å². The van der Waals surface area contributed by atoms with Crippen LogP contribution in [0.3, 0.4) is 0 Å². The first-order valence-corrected chi connectivity index (χ1v) is 9.79. The van der Waals surface area contributed by atoms with Gasteiger partial charge in [0, 0.05) is 18.0 Å². The summed E-state index contributed by atoms with van der Waals surface area (Å²) in [6.07, 6.45) is 2.61. The van der Waals surface area contributed by atoms with Crippen molar-refractivity contribution in [1.29, 1.82) is 0 Å². The minimum atomic E-state index is -4.18. The first-order valence-electron chi connectivity index (χ1n) is 7.97. The summed E-state index contributed by atoms with van der Waals surface area (Å²) in [5, 5.41) is -0.368. The Hall–Kier alpha value is -3.10. The number of ether oxygens (including phenoxy) is 1. The molecule has 3 aromatic rings. The minimum Gasteiger partial charge on any atom is -0.465 e. The molecule has 144 valence electrons. The third-order valence-electron chi connectivity index (χ3n) is 4.07. The first kappa shape index (κ1) is 19.7. The molecule has 0 amide bonds. The number of halogens is 1. The Morgan fingerprint density at radius 3 is 2.25 bits per heavy atom. The van der Waals surface area contributed by atoms with Gasteiger partial charge < -0.3 is 10.5 Å². The molecule has 0 aliphatic heterocycles. The summed E-state index contributed by atoms with van der Waals surface area (Å²) in [4.78, 5) is 24.7. The van der Waals surface area contributed by atoms with Crippen LogP contribution in [0.25, 0.3) is 0 Å². The van der Waals surface area contributed by atoms with Crippen LogP contribution in [0.15, 0.2) is 65.8 Å². The van der Waals surface area contributed by atoms with Gasteiger partial charge in [0.1, 0.15) is 4.90 Å². The molecule has 2 aromatic carbocycles. The second kappa shape index (κ2) is 7.49. The minimum absolute atomic E-state index is 0.238. The maximum Gasteiger partial charge on any atom is 0.340 e. The third kappa shape index (κ3) is 3.28. The largest absolute Gasteiger partial charge is 0.465 e. The third-order valence-corrected chi connectivity index (χ3v) is 6.25. The highest BCUT2D eigenvalue weighted by atomic mass is 35.5. The number of hydrogen-bond donors (Lipinski definition) is 1. The van der Waals surface area contributed by atoms with Gasteiger partial charge in [0.25, 0.3) is 10.0 Å². The fourth-order valence-electron chi connectivity index (χ4n) is 2.66. The number of rotatable bonds is 5.